The number of para-hydroxylation sites is 2. The third kappa shape index (κ3) is 12.5. The van der Waals surface area contributed by atoms with Crippen LogP contribution in [0.4, 0.5) is 0 Å². The van der Waals surface area contributed by atoms with Crippen LogP contribution < -0.4 is 20.9 Å². The van der Waals surface area contributed by atoms with E-state index in [2.05, 4.69) is 9.98 Å². The summed E-state index contributed by atoms with van der Waals surface area (Å²) in [5.41, 5.74) is 14.0. The first-order chi connectivity index (χ1) is 16.7. The Balaban J connectivity index is 0.00000612. The highest BCUT2D eigenvalue weighted by molar-refractivity contribution is 6.00. The number of nitrogens with zero attached hydrogens (tertiary/aromatic N) is 2. The molecule has 0 atom stereocenters. The third-order valence-corrected chi connectivity index (χ3v) is 5.90. The Bertz CT molecular complexity index is 833. The Labute approximate surface area is 229 Å². The highest BCUT2D eigenvalue weighted by Gasteiger charge is 2.06. The molecule has 0 heterocycles. The van der Waals surface area contributed by atoms with Crippen molar-refractivity contribution in [3.8, 4) is 11.5 Å². The lowest BCUT2D eigenvalue weighted by Crippen LogP contribution is -2.15. The van der Waals surface area contributed by atoms with Crippen LogP contribution in [0.25, 0.3) is 0 Å². The van der Waals surface area contributed by atoms with Crippen molar-refractivity contribution < 1.29 is 9.47 Å². The number of halogens is 2. The van der Waals surface area contributed by atoms with Gasteiger partial charge < -0.3 is 20.9 Å². The molecular formula is C28H44Cl2N4O2. The van der Waals surface area contributed by atoms with E-state index in [0.29, 0.717) is 11.7 Å². The molecule has 36 heavy (non-hydrogen) atoms. The van der Waals surface area contributed by atoms with Crippen LogP contribution in [-0.4, -0.2) is 39.0 Å². The minimum atomic E-state index is 0. The first-order valence-corrected chi connectivity index (χ1v) is 12.5. The maximum atomic E-state index is 6.12. The van der Waals surface area contributed by atoms with E-state index in [1.807, 2.05) is 48.5 Å². The van der Waals surface area contributed by atoms with Gasteiger partial charge in [0.15, 0.2) is 0 Å². The van der Waals surface area contributed by atoms with Gasteiger partial charge in [0.05, 0.1) is 25.3 Å². The second-order valence-electron chi connectivity index (χ2n) is 8.47. The van der Waals surface area contributed by atoms with Crippen LogP contribution in [0.15, 0.2) is 58.5 Å². The van der Waals surface area contributed by atoms with Crippen LogP contribution in [0.2, 0.25) is 0 Å². The molecule has 0 saturated heterocycles. The van der Waals surface area contributed by atoms with E-state index in [4.69, 9.17) is 20.9 Å². The highest BCUT2D eigenvalue weighted by atomic mass is 35.5. The van der Waals surface area contributed by atoms with Crippen molar-refractivity contribution in [2.45, 2.75) is 64.2 Å². The predicted octanol–water partition coefficient (Wildman–Crippen LogP) is 6.56. The van der Waals surface area contributed by atoms with Crippen LogP contribution >= 0.6 is 24.8 Å². The van der Waals surface area contributed by atoms with Crippen molar-refractivity contribution in [3.05, 3.63) is 59.7 Å². The molecule has 4 N–H and O–H groups in total. The number of benzene rings is 2. The molecule has 0 saturated carbocycles. The van der Waals surface area contributed by atoms with Crippen molar-refractivity contribution in [1.29, 1.82) is 0 Å². The molecule has 202 valence electrons. The monoisotopic (exact) mass is 538 g/mol. The molecular weight excluding hydrogens is 495 g/mol. The molecule has 0 spiro atoms. The topological polar surface area (TPSA) is 95.2 Å². The molecule has 0 unspecified atom stereocenters. The Morgan fingerprint density at radius 1 is 0.556 bits per heavy atom. The van der Waals surface area contributed by atoms with Gasteiger partial charge in [0.1, 0.15) is 23.2 Å². The number of hydrogen-bond donors (Lipinski definition) is 2. The fourth-order valence-corrected chi connectivity index (χ4v) is 3.92. The van der Waals surface area contributed by atoms with Crippen molar-refractivity contribution in [1.82, 2.24) is 0 Å². The Kier molecular flexibility index (Phi) is 19.3. The SMILES string of the molecule is COc1ccccc1C(N)=NCCCCCCCCCCCCN=C(N)c1ccccc1OC.Cl.Cl. The first-order valence-electron chi connectivity index (χ1n) is 12.5. The second kappa shape index (κ2) is 20.7. The van der Waals surface area contributed by atoms with Gasteiger partial charge in [-0.1, -0.05) is 75.6 Å². The summed E-state index contributed by atoms with van der Waals surface area (Å²) >= 11 is 0. The summed E-state index contributed by atoms with van der Waals surface area (Å²) in [6.45, 7) is 1.54. The summed E-state index contributed by atoms with van der Waals surface area (Å²) in [5.74, 6) is 2.66. The Morgan fingerprint density at radius 2 is 0.861 bits per heavy atom. The third-order valence-electron chi connectivity index (χ3n) is 5.90. The summed E-state index contributed by atoms with van der Waals surface area (Å²) in [5, 5.41) is 0. The Morgan fingerprint density at radius 3 is 1.19 bits per heavy atom. The van der Waals surface area contributed by atoms with Crippen LogP contribution in [0, 0.1) is 0 Å². The van der Waals surface area contributed by atoms with E-state index in [1.165, 1.54) is 51.4 Å². The zero-order chi connectivity index (χ0) is 24.4. The zero-order valence-electron chi connectivity index (χ0n) is 21.8. The van der Waals surface area contributed by atoms with E-state index in [9.17, 15) is 0 Å². The molecule has 0 aliphatic rings. The molecule has 8 heteroatoms. The maximum Gasteiger partial charge on any atom is 0.129 e. The number of nitrogens with two attached hydrogens (primary N) is 2. The molecule has 0 radical (unpaired) electrons. The molecule has 0 aliphatic carbocycles. The van der Waals surface area contributed by atoms with E-state index in [-0.39, 0.29) is 24.8 Å². The number of ether oxygens (including phenoxy) is 2. The van der Waals surface area contributed by atoms with Gasteiger partial charge in [0.2, 0.25) is 0 Å². The smallest absolute Gasteiger partial charge is 0.129 e. The summed E-state index contributed by atoms with van der Waals surface area (Å²) in [4.78, 5) is 9.03. The number of amidine groups is 2. The van der Waals surface area contributed by atoms with Crippen LogP contribution in [0.3, 0.4) is 0 Å². The number of aliphatic imine (C=N–C) groups is 2. The first kappa shape index (κ1) is 33.6. The normalized spacial score (nSPS) is 11.4. The van der Waals surface area contributed by atoms with Crippen molar-refractivity contribution in [2.75, 3.05) is 27.3 Å². The average Bonchev–Trinajstić information content (AvgIpc) is 2.88. The zero-order valence-corrected chi connectivity index (χ0v) is 23.4. The van der Waals surface area contributed by atoms with Crippen molar-refractivity contribution in [2.24, 2.45) is 21.5 Å². The summed E-state index contributed by atoms with van der Waals surface area (Å²) in [7, 11) is 3.31. The summed E-state index contributed by atoms with van der Waals surface area (Å²) < 4.78 is 10.7. The van der Waals surface area contributed by atoms with Crippen LogP contribution in [0.1, 0.15) is 75.3 Å². The molecule has 2 aromatic rings. The van der Waals surface area contributed by atoms with Gasteiger partial charge in [-0.15, -0.1) is 24.8 Å². The maximum absolute atomic E-state index is 6.12. The molecule has 2 rings (SSSR count). The summed E-state index contributed by atoms with van der Waals surface area (Å²) in [6.07, 6.45) is 12.3. The molecule has 0 bridgehead atoms. The standard InChI is InChI=1S/C28H42N4O2.2ClH/c1-33-25-19-13-11-17-23(25)27(29)31-21-15-9-7-5-3-4-6-8-10-16-22-32-28(30)24-18-12-14-20-26(24)34-2;;/h11-14,17-20H,3-10,15-16,21-22H2,1-2H3,(H2,29,31)(H2,30,32);2*1H. The summed E-state index contributed by atoms with van der Waals surface area (Å²) in [6, 6.07) is 15.5. The van der Waals surface area contributed by atoms with Crippen molar-refractivity contribution in [3.63, 3.8) is 0 Å². The largest absolute Gasteiger partial charge is 0.496 e. The van der Waals surface area contributed by atoms with Crippen LogP contribution in [-0.2, 0) is 0 Å². The van der Waals surface area contributed by atoms with Gasteiger partial charge in [-0.2, -0.15) is 0 Å². The number of rotatable bonds is 17. The average molecular weight is 540 g/mol. The fourth-order valence-electron chi connectivity index (χ4n) is 3.92. The Hall–Kier alpha value is -2.44. The van der Waals surface area contributed by atoms with E-state index >= 15 is 0 Å². The second-order valence-corrected chi connectivity index (χ2v) is 8.47. The quantitative estimate of drug-likeness (QED) is 0.135. The van der Waals surface area contributed by atoms with E-state index < -0.39 is 0 Å². The van der Waals surface area contributed by atoms with Gasteiger partial charge in [-0.25, -0.2) is 0 Å². The number of unbranched alkanes of at least 4 members (excludes halogenated alkanes) is 9. The molecule has 0 aromatic heterocycles. The van der Waals surface area contributed by atoms with Gasteiger partial charge in [0.25, 0.3) is 0 Å². The van der Waals surface area contributed by atoms with E-state index in [1.54, 1.807) is 14.2 Å². The highest BCUT2D eigenvalue weighted by Crippen LogP contribution is 2.18. The minimum absolute atomic E-state index is 0. The van der Waals surface area contributed by atoms with E-state index in [0.717, 1.165) is 48.6 Å². The lowest BCUT2D eigenvalue weighted by atomic mass is 10.1. The molecule has 6 nitrogen and oxygen atoms in total. The van der Waals surface area contributed by atoms with Gasteiger partial charge >= 0.3 is 0 Å². The van der Waals surface area contributed by atoms with Crippen LogP contribution in [0.5, 0.6) is 11.5 Å². The molecule has 0 amide bonds. The van der Waals surface area contributed by atoms with Gasteiger partial charge in [-0.3, -0.25) is 9.98 Å². The fraction of sp³-hybridized carbons (Fsp3) is 0.500. The molecule has 0 fully saturated rings. The predicted molar refractivity (Wildman–Crippen MR) is 158 cm³/mol. The minimum Gasteiger partial charge on any atom is -0.496 e. The molecule has 0 aliphatic heterocycles. The lowest BCUT2D eigenvalue weighted by Gasteiger charge is -2.07. The van der Waals surface area contributed by atoms with Gasteiger partial charge in [0, 0.05) is 13.1 Å². The number of hydrogen-bond acceptors (Lipinski definition) is 4. The molecule has 2 aromatic carbocycles. The van der Waals surface area contributed by atoms with Gasteiger partial charge in [-0.05, 0) is 37.1 Å². The van der Waals surface area contributed by atoms with Crippen molar-refractivity contribution >= 4 is 36.5 Å². The lowest BCUT2D eigenvalue weighted by molar-refractivity contribution is 0.414. The number of methoxy groups -OCH3 is 2.